The molecule has 0 aromatic heterocycles. The summed E-state index contributed by atoms with van der Waals surface area (Å²) in [4.78, 5) is 24.9. The lowest BCUT2D eigenvalue weighted by Crippen LogP contribution is -2.20. The van der Waals surface area contributed by atoms with Gasteiger partial charge in [0.2, 0.25) is 0 Å². The fraction of sp³-hybridized carbons (Fsp3) is 0.200. The SMILES string of the molecule is COC(=O)C(CCc1ccccc1)CC(=O)c1ccc(-c2ccc(N)cc2)cc1. The molecule has 0 aliphatic carbocycles. The normalized spacial score (nSPS) is 11.6. The van der Waals surface area contributed by atoms with Crippen molar-refractivity contribution < 1.29 is 14.3 Å². The Morgan fingerprint density at radius 1 is 0.862 bits per heavy atom. The Morgan fingerprint density at radius 3 is 2.03 bits per heavy atom. The number of carbonyl (C=O) groups is 2. The molecular weight excluding hydrogens is 362 g/mol. The van der Waals surface area contributed by atoms with Crippen molar-refractivity contribution in [2.75, 3.05) is 12.8 Å². The van der Waals surface area contributed by atoms with Gasteiger partial charge < -0.3 is 10.5 Å². The molecule has 0 aliphatic heterocycles. The number of esters is 1. The number of methoxy groups -OCH3 is 1. The van der Waals surface area contributed by atoms with E-state index in [1.165, 1.54) is 7.11 Å². The highest BCUT2D eigenvalue weighted by Gasteiger charge is 2.23. The maximum absolute atomic E-state index is 12.8. The first-order valence-electron chi connectivity index (χ1n) is 9.67. The molecule has 0 aliphatic rings. The van der Waals surface area contributed by atoms with E-state index in [1.54, 1.807) is 12.1 Å². The number of hydrogen-bond acceptors (Lipinski definition) is 4. The summed E-state index contributed by atoms with van der Waals surface area (Å²) in [5, 5.41) is 0. The predicted molar refractivity (Wildman–Crippen MR) is 116 cm³/mol. The maximum Gasteiger partial charge on any atom is 0.309 e. The van der Waals surface area contributed by atoms with Crippen LogP contribution in [-0.4, -0.2) is 18.9 Å². The molecule has 0 amide bonds. The van der Waals surface area contributed by atoms with Gasteiger partial charge in [0.25, 0.3) is 0 Å². The smallest absolute Gasteiger partial charge is 0.309 e. The Balaban J connectivity index is 1.66. The van der Waals surface area contributed by atoms with Gasteiger partial charge in [-0.3, -0.25) is 9.59 Å². The summed E-state index contributed by atoms with van der Waals surface area (Å²) >= 11 is 0. The molecule has 0 radical (unpaired) electrons. The molecule has 0 fully saturated rings. The first-order valence-corrected chi connectivity index (χ1v) is 9.67. The Morgan fingerprint density at radius 2 is 1.45 bits per heavy atom. The Kier molecular flexibility index (Phi) is 6.80. The first-order chi connectivity index (χ1) is 14.1. The van der Waals surface area contributed by atoms with E-state index in [0.29, 0.717) is 17.7 Å². The van der Waals surface area contributed by atoms with Crippen LogP contribution in [0.5, 0.6) is 0 Å². The number of ketones is 1. The number of rotatable bonds is 8. The fourth-order valence-corrected chi connectivity index (χ4v) is 3.32. The highest BCUT2D eigenvalue weighted by atomic mass is 16.5. The van der Waals surface area contributed by atoms with Crippen LogP contribution in [0.4, 0.5) is 5.69 Å². The molecular formula is C25H25NO3. The molecule has 0 spiro atoms. The average molecular weight is 387 g/mol. The summed E-state index contributed by atoms with van der Waals surface area (Å²) in [6, 6.07) is 25.0. The van der Waals surface area contributed by atoms with Gasteiger partial charge in [-0.05, 0) is 41.7 Å². The van der Waals surface area contributed by atoms with E-state index < -0.39 is 5.92 Å². The van der Waals surface area contributed by atoms with Crippen molar-refractivity contribution in [2.45, 2.75) is 19.3 Å². The number of aryl methyl sites for hydroxylation is 1. The third kappa shape index (κ3) is 5.55. The zero-order valence-electron chi connectivity index (χ0n) is 16.5. The second-order valence-corrected chi connectivity index (χ2v) is 7.07. The molecule has 4 nitrogen and oxygen atoms in total. The fourth-order valence-electron chi connectivity index (χ4n) is 3.32. The van der Waals surface area contributed by atoms with E-state index in [2.05, 4.69) is 0 Å². The van der Waals surface area contributed by atoms with Crippen LogP contribution in [0.15, 0.2) is 78.9 Å². The number of carbonyl (C=O) groups excluding carboxylic acids is 2. The van der Waals surface area contributed by atoms with Crippen LogP contribution in [0.3, 0.4) is 0 Å². The summed E-state index contributed by atoms with van der Waals surface area (Å²) in [7, 11) is 1.36. The Labute approximate surface area is 171 Å². The van der Waals surface area contributed by atoms with Gasteiger partial charge in [0.15, 0.2) is 5.78 Å². The Bertz CT molecular complexity index is 948. The van der Waals surface area contributed by atoms with Crippen LogP contribution < -0.4 is 5.73 Å². The predicted octanol–water partition coefficient (Wildman–Crippen LogP) is 4.93. The molecule has 0 saturated carbocycles. The molecule has 148 valence electrons. The van der Waals surface area contributed by atoms with Crippen molar-refractivity contribution in [3.63, 3.8) is 0 Å². The second kappa shape index (κ2) is 9.69. The van der Waals surface area contributed by atoms with Crippen LogP contribution in [0.1, 0.15) is 28.8 Å². The minimum Gasteiger partial charge on any atom is -0.469 e. The third-order valence-corrected chi connectivity index (χ3v) is 5.04. The third-order valence-electron chi connectivity index (χ3n) is 5.04. The van der Waals surface area contributed by atoms with Gasteiger partial charge in [-0.2, -0.15) is 0 Å². The van der Waals surface area contributed by atoms with E-state index in [9.17, 15) is 9.59 Å². The molecule has 0 bridgehead atoms. The van der Waals surface area contributed by atoms with Crippen molar-refractivity contribution in [1.82, 2.24) is 0 Å². The highest BCUT2D eigenvalue weighted by Crippen LogP contribution is 2.23. The van der Waals surface area contributed by atoms with Crippen molar-refractivity contribution in [3.05, 3.63) is 90.0 Å². The molecule has 1 unspecified atom stereocenters. The van der Waals surface area contributed by atoms with E-state index in [1.807, 2.05) is 66.7 Å². The zero-order valence-corrected chi connectivity index (χ0v) is 16.5. The minimum absolute atomic E-state index is 0.0580. The molecule has 3 aromatic carbocycles. The van der Waals surface area contributed by atoms with Crippen molar-refractivity contribution >= 4 is 17.4 Å². The van der Waals surface area contributed by atoms with Crippen LogP contribution in [0.25, 0.3) is 11.1 Å². The number of hydrogen-bond donors (Lipinski definition) is 1. The van der Waals surface area contributed by atoms with Crippen LogP contribution in [-0.2, 0) is 16.0 Å². The van der Waals surface area contributed by atoms with E-state index in [4.69, 9.17) is 10.5 Å². The summed E-state index contributed by atoms with van der Waals surface area (Å²) < 4.78 is 4.92. The number of benzene rings is 3. The molecule has 3 rings (SSSR count). The van der Waals surface area contributed by atoms with Gasteiger partial charge >= 0.3 is 5.97 Å². The lowest BCUT2D eigenvalue weighted by molar-refractivity contribution is -0.145. The molecule has 2 N–H and O–H groups in total. The second-order valence-electron chi connectivity index (χ2n) is 7.07. The zero-order chi connectivity index (χ0) is 20.6. The number of anilines is 1. The van der Waals surface area contributed by atoms with Crippen LogP contribution >= 0.6 is 0 Å². The summed E-state index contributed by atoms with van der Waals surface area (Å²) in [5.41, 5.74) is 10.2. The topological polar surface area (TPSA) is 69.4 Å². The van der Waals surface area contributed by atoms with Crippen molar-refractivity contribution in [2.24, 2.45) is 5.92 Å². The van der Waals surface area contributed by atoms with Gasteiger partial charge in [0, 0.05) is 17.7 Å². The molecule has 4 heteroatoms. The highest BCUT2D eigenvalue weighted by molar-refractivity contribution is 5.98. The summed E-state index contributed by atoms with van der Waals surface area (Å²) in [5.74, 6) is -0.852. The molecule has 29 heavy (non-hydrogen) atoms. The maximum atomic E-state index is 12.8. The molecule has 1 atom stereocenters. The minimum atomic E-state index is -0.454. The quantitative estimate of drug-likeness (QED) is 0.338. The van der Waals surface area contributed by atoms with Gasteiger partial charge in [-0.1, -0.05) is 66.7 Å². The van der Waals surface area contributed by atoms with Crippen LogP contribution in [0, 0.1) is 5.92 Å². The lowest BCUT2D eigenvalue weighted by Gasteiger charge is -2.14. The molecule has 0 heterocycles. The van der Waals surface area contributed by atoms with Crippen LogP contribution in [0.2, 0.25) is 0 Å². The van der Waals surface area contributed by atoms with E-state index in [0.717, 1.165) is 23.1 Å². The monoisotopic (exact) mass is 387 g/mol. The van der Waals surface area contributed by atoms with E-state index in [-0.39, 0.29) is 18.2 Å². The van der Waals surface area contributed by atoms with Gasteiger partial charge in [0.05, 0.1) is 13.0 Å². The summed E-state index contributed by atoms with van der Waals surface area (Å²) in [6.07, 6.45) is 1.44. The number of Topliss-reactive ketones (excluding diaryl/α,β-unsaturated/α-hetero) is 1. The first kappa shape index (κ1) is 20.3. The van der Waals surface area contributed by atoms with Crippen molar-refractivity contribution in [1.29, 1.82) is 0 Å². The molecule has 3 aromatic rings. The Hall–Kier alpha value is -3.40. The summed E-state index contributed by atoms with van der Waals surface area (Å²) in [6.45, 7) is 0. The van der Waals surface area contributed by atoms with E-state index >= 15 is 0 Å². The average Bonchev–Trinajstić information content (AvgIpc) is 2.77. The standard InChI is InChI=1S/C25H25NO3/c1-29-25(28)22(8-7-18-5-3-2-4-6-18)17-24(27)21-11-9-19(10-12-21)20-13-15-23(26)16-14-20/h2-6,9-16,22H,7-8,17,26H2,1H3. The van der Waals surface area contributed by atoms with Gasteiger partial charge in [-0.25, -0.2) is 0 Å². The molecule has 0 saturated heterocycles. The van der Waals surface area contributed by atoms with Crippen molar-refractivity contribution in [3.8, 4) is 11.1 Å². The number of nitrogen functional groups attached to an aromatic ring is 1. The largest absolute Gasteiger partial charge is 0.469 e. The lowest BCUT2D eigenvalue weighted by atomic mass is 9.92. The number of ether oxygens (including phenoxy) is 1. The number of nitrogens with two attached hydrogens (primary N) is 1. The van der Waals surface area contributed by atoms with Gasteiger partial charge in [-0.15, -0.1) is 0 Å². The van der Waals surface area contributed by atoms with Gasteiger partial charge in [0.1, 0.15) is 0 Å².